The Morgan fingerprint density at radius 1 is 1.15 bits per heavy atom. The normalized spacial score (nSPS) is 23.1. The minimum absolute atomic E-state index is 0.00572. The Hall–Kier alpha value is -1.27. The molecular weight excluding hydrogens is 273 g/mol. The van der Waals surface area contributed by atoms with Crippen molar-refractivity contribution in [2.75, 3.05) is 13.1 Å². The van der Waals surface area contributed by atoms with Crippen LogP contribution >= 0.6 is 0 Å². The third kappa shape index (κ3) is 3.07. The molecule has 1 N–H and O–H groups in total. The average molecular weight is 292 g/mol. The first-order valence-electron chi connectivity index (χ1n) is 7.01. The first kappa shape index (κ1) is 15.1. The molecule has 0 atom stereocenters. The van der Waals surface area contributed by atoms with Crippen LogP contribution < -0.4 is 5.32 Å². The fourth-order valence-corrected chi connectivity index (χ4v) is 3.19. The molecule has 1 spiro atoms. The van der Waals surface area contributed by atoms with Crippen molar-refractivity contribution in [2.24, 2.45) is 0 Å². The molecule has 1 aliphatic heterocycles. The summed E-state index contributed by atoms with van der Waals surface area (Å²) in [6.07, 6.45) is -1.53. The van der Waals surface area contributed by atoms with E-state index in [1.807, 2.05) is 0 Å². The second-order valence-corrected chi connectivity index (χ2v) is 5.54. The Morgan fingerprint density at radius 3 is 2.40 bits per heavy atom. The number of hydrogen-bond acceptors (Lipinski definition) is 2. The highest BCUT2D eigenvalue weighted by Crippen LogP contribution is 2.36. The predicted octanol–water partition coefficient (Wildman–Crippen LogP) is 1.99. The number of nitrogens with one attached hydrogen (secondary N) is 1. The molecule has 20 heavy (non-hydrogen) atoms. The van der Waals surface area contributed by atoms with E-state index in [-0.39, 0.29) is 31.3 Å². The zero-order chi connectivity index (χ0) is 14.8. The molecule has 1 saturated heterocycles. The van der Waals surface area contributed by atoms with Crippen LogP contribution in [0.25, 0.3) is 0 Å². The molecule has 0 unspecified atom stereocenters. The standard InChI is InChI=1S/C13H19F3N2O2/c14-13(15,16)7-4-8-18-10(19)9-17-11(20)12(18)5-2-1-3-6-12/h1-9H2,(H,17,20). The number of carbonyl (C=O) groups is 2. The van der Waals surface area contributed by atoms with Crippen LogP contribution in [0.15, 0.2) is 0 Å². The molecule has 0 bridgehead atoms. The summed E-state index contributed by atoms with van der Waals surface area (Å²) >= 11 is 0. The van der Waals surface area contributed by atoms with Crippen LogP contribution in [0.3, 0.4) is 0 Å². The van der Waals surface area contributed by atoms with Gasteiger partial charge < -0.3 is 10.2 Å². The number of nitrogens with zero attached hydrogens (tertiary/aromatic N) is 1. The molecule has 2 amide bonds. The Bertz CT molecular complexity index is 390. The Morgan fingerprint density at radius 2 is 1.80 bits per heavy atom. The molecule has 1 saturated carbocycles. The molecule has 2 rings (SSSR count). The van der Waals surface area contributed by atoms with Gasteiger partial charge in [-0.15, -0.1) is 0 Å². The quantitative estimate of drug-likeness (QED) is 0.865. The van der Waals surface area contributed by atoms with Gasteiger partial charge in [0.2, 0.25) is 11.8 Å². The molecule has 0 aromatic rings. The van der Waals surface area contributed by atoms with Gasteiger partial charge in [0, 0.05) is 13.0 Å². The molecule has 2 fully saturated rings. The van der Waals surface area contributed by atoms with Gasteiger partial charge in [-0.05, 0) is 19.3 Å². The monoisotopic (exact) mass is 292 g/mol. The number of rotatable bonds is 3. The first-order valence-corrected chi connectivity index (χ1v) is 7.01. The van der Waals surface area contributed by atoms with E-state index in [0.717, 1.165) is 19.3 Å². The van der Waals surface area contributed by atoms with Crippen molar-refractivity contribution in [1.82, 2.24) is 10.2 Å². The molecule has 7 heteroatoms. The molecule has 4 nitrogen and oxygen atoms in total. The third-order valence-electron chi connectivity index (χ3n) is 4.16. The summed E-state index contributed by atoms with van der Waals surface area (Å²) in [6.45, 7) is -0.0988. The first-order chi connectivity index (χ1) is 9.35. The number of amides is 2. The Balaban J connectivity index is 2.08. The minimum Gasteiger partial charge on any atom is -0.345 e. The van der Waals surface area contributed by atoms with Gasteiger partial charge in [-0.2, -0.15) is 13.2 Å². The fraction of sp³-hybridized carbons (Fsp3) is 0.846. The van der Waals surface area contributed by atoms with Crippen LogP contribution in [0.4, 0.5) is 13.2 Å². The van der Waals surface area contributed by atoms with Crippen molar-refractivity contribution in [3.63, 3.8) is 0 Å². The van der Waals surface area contributed by atoms with Crippen LogP contribution in [-0.4, -0.2) is 41.5 Å². The summed E-state index contributed by atoms with van der Waals surface area (Å²) in [7, 11) is 0. The van der Waals surface area contributed by atoms with E-state index in [1.165, 1.54) is 4.90 Å². The van der Waals surface area contributed by atoms with Crippen molar-refractivity contribution in [2.45, 2.75) is 56.7 Å². The highest BCUT2D eigenvalue weighted by molar-refractivity contribution is 5.98. The summed E-state index contributed by atoms with van der Waals surface area (Å²) in [5.74, 6) is -0.475. The molecule has 0 aromatic heterocycles. The van der Waals surface area contributed by atoms with E-state index in [2.05, 4.69) is 5.32 Å². The highest BCUT2D eigenvalue weighted by Gasteiger charge is 2.49. The fourth-order valence-electron chi connectivity index (χ4n) is 3.19. The zero-order valence-electron chi connectivity index (χ0n) is 11.3. The summed E-state index contributed by atoms with van der Waals surface area (Å²) in [4.78, 5) is 25.6. The minimum atomic E-state index is -4.22. The molecular formula is C13H19F3N2O2. The van der Waals surface area contributed by atoms with E-state index < -0.39 is 18.1 Å². The van der Waals surface area contributed by atoms with Gasteiger partial charge in [-0.25, -0.2) is 0 Å². The maximum Gasteiger partial charge on any atom is 0.389 e. The lowest BCUT2D eigenvalue weighted by atomic mass is 9.78. The largest absolute Gasteiger partial charge is 0.389 e. The van der Waals surface area contributed by atoms with Gasteiger partial charge in [-0.3, -0.25) is 9.59 Å². The topological polar surface area (TPSA) is 49.4 Å². The number of hydrogen-bond donors (Lipinski definition) is 1. The van der Waals surface area contributed by atoms with E-state index in [9.17, 15) is 22.8 Å². The Labute approximate surface area is 115 Å². The smallest absolute Gasteiger partial charge is 0.345 e. The molecule has 0 radical (unpaired) electrons. The molecule has 2 aliphatic rings. The van der Waals surface area contributed by atoms with Crippen LogP contribution in [0.5, 0.6) is 0 Å². The van der Waals surface area contributed by atoms with Gasteiger partial charge in [0.1, 0.15) is 5.54 Å². The molecule has 1 heterocycles. The number of piperazine rings is 1. The van der Waals surface area contributed by atoms with Crippen molar-refractivity contribution < 1.29 is 22.8 Å². The maximum atomic E-state index is 12.2. The van der Waals surface area contributed by atoms with Gasteiger partial charge in [0.05, 0.1) is 6.54 Å². The zero-order valence-corrected chi connectivity index (χ0v) is 11.3. The second-order valence-electron chi connectivity index (χ2n) is 5.54. The molecule has 114 valence electrons. The average Bonchev–Trinajstić information content (AvgIpc) is 2.38. The third-order valence-corrected chi connectivity index (χ3v) is 4.16. The van der Waals surface area contributed by atoms with Gasteiger partial charge >= 0.3 is 6.18 Å². The van der Waals surface area contributed by atoms with Gasteiger partial charge in [0.25, 0.3) is 0 Å². The number of halogens is 3. The summed E-state index contributed by atoms with van der Waals surface area (Å²) in [5.41, 5.74) is -0.904. The molecule has 1 aliphatic carbocycles. The van der Waals surface area contributed by atoms with E-state index in [0.29, 0.717) is 12.8 Å². The highest BCUT2D eigenvalue weighted by atomic mass is 19.4. The van der Waals surface area contributed by atoms with Crippen molar-refractivity contribution in [3.05, 3.63) is 0 Å². The van der Waals surface area contributed by atoms with Crippen molar-refractivity contribution in [3.8, 4) is 0 Å². The lowest BCUT2D eigenvalue weighted by Gasteiger charge is -2.48. The summed E-state index contributed by atoms with van der Waals surface area (Å²) in [5, 5.41) is 2.58. The SMILES string of the molecule is O=C1CNC(=O)C2(CCCCC2)N1CCCC(F)(F)F. The van der Waals surface area contributed by atoms with Gasteiger partial charge in [0.15, 0.2) is 0 Å². The van der Waals surface area contributed by atoms with Crippen molar-refractivity contribution >= 4 is 11.8 Å². The lowest BCUT2D eigenvalue weighted by Crippen LogP contribution is -2.67. The van der Waals surface area contributed by atoms with E-state index in [4.69, 9.17) is 0 Å². The molecule has 0 aromatic carbocycles. The van der Waals surface area contributed by atoms with E-state index >= 15 is 0 Å². The predicted molar refractivity (Wildman–Crippen MR) is 65.8 cm³/mol. The summed E-state index contributed by atoms with van der Waals surface area (Å²) < 4.78 is 36.7. The van der Waals surface area contributed by atoms with Crippen LogP contribution in [-0.2, 0) is 9.59 Å². The lowest BCUT2D eigenvalue weighted by molar-refractivity contribution is -0.158. The van der Waals surface area contributed by atoms with Crippen LogP contribution in [0.2, 0.25) is 0 Å². The number of alkyl halides is 3. The van der Waals surface area contributed by atoms with Crippen LogP contribution in [0, 0.1) is 0 Å². The van der Waals surface area contributed by atoms with E-state index in [1.54, 1.807) is 0 Å². The maximum absolute atomic E-state index is 12.2. The van der Waals surface area contributed by atoms with Crippen LogP contribution in [0.1, 0.15) is 44.9 Å². The second kappa shape index (κ2) is 5.61. The van der Waals surface area contributed by atoms with Crippen molar-refractivity contribution in [1.29, 1.82) is 0 Å². The number of carbonyl (C=O) groups excluding carboxylic acids is 2. The Kier molecular flexibility index (Phi) is 4.25. The van der Waals surface area contributed by atoms with Gasteiger partial charge in [-0.1, -0.05) is 19.3 Å². The summed E-state index contributed by atoms with van der Waals surface area (Å²) in [6, 6.07) is 0.